The van der Waals surface area contributed by atoms with Crippen LogP contribution >= 0.6 is 0 Å². The Morgan fingerprint density at radius 1 is 1.00 bits per heavy atom. The molecule has 0 atom stereocenters. The van der Waals surface area contributed by atoms with Gasteiger partial charge in [-0.05, 0) is 35.9 Å². The Bertz CT molecular complexity index is 653. The molecule has 0 aliphatic rings. The molecule has 0 aliphatic carbocycles. The van der Waals surface area contributed by atoms with Crippen molar-refractivity contribution < 1.29 is 17.6 Å². The van der Waals surface area contributed by atoms with Gasteiger partial charge in [-0.15, -0.1) is 0 Å². The minimum Gasteiger partial charge on any atom is -0.207 e. The molecule has 0 amide bonds. The molecule has 5 heteroatoms. The molecule has 0 unspecified atom stereocenters. The summed E-state index contributed by atoms with van der Waals surface area (Å²) in [6.07, 6.45) is -4.48. The lowest BCUT2D eigenvalue weighted by Crippen LogP contribution is -2.04. The Morgan fingerprint density at radius 2 is 1.74 bits per heavy atom. The molecule has 0 saturated carbocycles. The molecule has 0 N–H and O–H groups in total. The zero-order chi connectivity index (χ0) is 14.0. The highest BCUT2D eigenvalue weighted by Crippen LogP contribution is 2.33. The lowest BCUT2D eigenvalue weighted by atomic mass is 9.98. The molecule has 0 radical (unpaired) electrons. The van der Waals surface area contributed by atoms with Crippen LogP contribution in [0.4, 0.5) is 17.6 Å². The van der Waals surface area contributed by atoms with Gasteiger partial charge in [0, 0.05) is 5.56 Å². The van der Waals surface area contributed by atoms with Crippen LogP contribution in [0.3, 0.4) is 0 Å². The SMILES string of the molecule is N#Cc1ccc(F)cc1-c1cccc(C(F)(F)F)c1. The molecular formula is C14H7F4N. The lowest BCUT2D eigenvalue weighted by Gasteiger charge is -2.09. The van der Waals surface area contributed by atoms with E-state index in [9.17, 15) is 17.6 Å². The summed E-state index contributed by atoms with van der Waals surface area (Å²) >= 11 is 0. The van der Waals surface area contributed by atoms with Crippen LogP contribution in [0.2, 0.25) is 0 Å². The van der Waals surface area contributed by atoms with Gasteiger partial charge in [-0.3, -0.25) is 0 Å². The molecule has 0 aliphatic heterocycles. The molecule has 0 heterocycles. The molecular weight excluding hydrogens is 258 g/mol. The fourth-order valence-electron chi connectivity index (χ4n) is 1.72. The van der Waals surface area contributed by atoms with Crippen LogP contribution in [0, 0.1) is 17.1 Å². The zero-order valence-corrected chi connectivity index (χ0v) is 9.50. The minimum atomic E-state index is -4.48. The van der Waals surface area contributed by atoms with Gasteiger partial charge in [-0.2, -0.15) is 18.4 Å². The van der Waals surface area contributed by atoms with Crippen molar-refractivity contribution in [3.8, 4) is 17.2 Å². The van der Waals surface area contributed by atoms with Crippen molar-refractivity contribution in [3.05, 3.63) is 59.4 Å². The van der Waals surface area contributed by atoms with Crippen molar-refractivity contribution in [1.29, 1.82) is 5.26 Å². The molecule has 0 fully saturated rings. The van der Waals surface area contributed by atoms with Crippen molar-refractivity contribution in [2.75, 3.05) is 0 Å². The highest BCUT2D eigenvalue weighted by atomic mass is 19.4. The first kappa shape index (κ1) is 13.1. The second kappa shape index (κ2) is 4.73. The van der Waals surface area contributed by atoms with E-state index in [1.807, 2.05) is 6.07 Å². The summed E-state index contributed by atoms with van der Waals surface area (Å²) in [5.74, 6) is -0.605. The molecule has 0 spiro atoms. The molecule has 0 saturated heterocycles. The van der Waals surface area contributed by atoms with E-state index in [1.54, 1.807) is 0 Å². The molecule has 0 bridgehead atoms. The first-order valence-corrected chi connectivity index (χ1v) is 5.29. The number of nitrogens with zero attached hydrogens (tertiary/aromatic N) is 1. The third kappa shape index (κ3) is 2.74. The van der Waals surface area contributed by atoms with E-state index in [0.717, 1.165) is 24.3 Å². The normalized spacial score (nSPS) is 11.1. The van der Waals surface area contributed by atoms with Crippen molar-refractivity contribution in [3.63, 3.8) is 0 Å². The van der Waals surface area contributed by atoms with E-state index in [2.05, 4.69) is 0 Å². The smallest absolute Gasteiger partial charge is 0.207 e. The third-order valence-corrected chi connectivity index (χ3v) is 2.60. The second-order valence-electron chi connectivity index (χ2n) is 3.88. The Balaban J connectivity index is 2.60. The highest BCUT2D eigenvalue weighted by Gasteiger charge is 2.30. The van der Waals surface area contributed by atoms with E-state index in [-0.39, 0.29) is 16.7 Å². The van der Waals surface area contributed by atoms with Crippen LogP contribution in [0.5, 0.6) is 0 Å². The number of benzene rings is 2. The number of halogens is 4. The quantitative estimate of drug-likeness (QED) is 0.702. The summed E-state index contributed by atoms with van der Waals surface area (Å²) in [6.45, 7) is 0. The average molecular weight is 265 g/mol. The van der Waals surface area contributed by atoms with E-state index >= 15 is 0 Å². The van der Waals surface area contributed by atoms with Crippen molar-refractivity contribution >= 4 is 0 Å². The van der Waals surface area contributed by atoms with Gasteiger partial charge in [0.1, 0.15) is 5.82 Å². The highest BCUT2D eigenvalue weighted by molar-refractivity contribution is 5.71. The Labute approximate surface area is 106 Å². The predicted molar refractivity (Wildman–Crippen MR) is 61.6 cm³/mol. The number of rotatable bonds is 1. The number of alkyl halides is 3. The molecule has 19 heavy (non-hydrogen) atoms. The summed E-state index contributed by atoms with van der Waals surface area (Å²) in [4.78, 5) is 0. The van der Waals surface area contributed by atoms with Gasteiger partial charge in [0.25, 0.3) is 0 Å². The molecule has 2 aromatic rings. The zero-order valence-electron chi connectivity index (χ0n) is 9.50. The van der Waals surface area contributed by atoms with Crippen molar-refractivity contribution in [2.45, 2.75) is 6.18 Å². The maximum atomic E-state index is 13.2. The van der Waals surface area contributed by atoms with Gasteiger partial charge in [-0.25, -0.2) is 4.39 Å². The van der Waals surface area contributed by atoms with Gasteiger partial charge in [0.05, 0.1) is 17.2 Å². The lowest BCUT2D eigenvalue weighted by molar-refractivity contribution is -0.137. The standard InChI is InChI=1S/C14H7F4N/c15-12-5-4-10(8-19)13(7-12)9-2-1-3-11(6-9)14(16,17)18/h1-7H. The first-order valence-electron chi connectivity index (χ1n) is 5.29. The third-order valence-electron chi connectivity index (χ3n) is 2.60. The fourth-order valence-corrected chi connectivity index (χ4v) is 1.72. The number of hydrogen-bond donors (Lipinski definition) is 0. The largest absolute Gasteiger partial charge is 0.416 e. The van der Waals surface area contributed by atoms with Gasteiger partial charge >= 0.3 is 6.18 Å². The Hall–Kier alpha value is -2.35. The summed E-state index contributed by atoms with van der Waals surface area (Å²) in [6, 6.07) is 9.67. The average Bonchev–Trinajstić information content (AvgIpc) is 2.38. The van der Waals surface area contributed by atoms with Crippen molar-refractivity contribution in [2.24, 2.45) is 0 Å². The summed E-state index contributed by atoms with van der Waals surface area (Å²) in [5.41, 5.74) is -0.404. The molecule has 2 rings (SSSR count). The molecule has 96 valence electrons. The van der Waals surface area contributed by atoms with E-state index in [4.69, 9.17) is 5.26 Å². The molecule has 1 nitrogen and oxygen atoms in total. The maximum absolute atomic E-state index is 13.2. The topological polar surface area (TPSA) is 23.8 Å². The number of nitriles is 1. The minimum absolute atomic E-state index is 0.126. The second-order valence-corrected chi connectivity index (χ2v) is 3.88. The van der Waals surface area contributed by atoms with Crippen LogP contribution in [0.1, 0.15) is 11.1 Å². The van der Waals surface area contributed by atoms with E-state index in [0.29, 0.717) is 0 Å². The van der Waals surface area contributed by atoms with Crippen LogP contribution in [-0.4, -0.2) is 0 Å². The summed E-state index contributed by atoms with van der Waals surface area (Å²) in [5, 5.41) is 8.91. The van der Waals surface area contributed by atoms with Crippen LogP contribution < -0.4 is 0 Å². The predicted octanol–water partition coefficient (Wildman–Crippen LogP) is 4.38. The van der Waals surface area contributed by atoms with Gasteiger partial charge < -0.3 is 0 Å². The molecule has 2 aromatic carbocycles. The van der Waals surface area contributed by atoms with Gasteiger partial charge in [0.2, 0.25) is 0 Å². The van der Waals surface area contributed by atoms with Gasteiger partial charge in [0.15, 0.2) is 0 Å². The fraction of sp³-hybridized carbons (Fsp3) is 0.0714. The summed E-state index contributed by atoms with van der Waals surface area (Å²) in [7, 11) is 0. The van der Waals surface area contributed by atoms with E-state index in [1.165, 1.54) is 18.2 Å². The van der Waals surface area contributed by atoms with Crippen molar-refractivity contribution in [1.82, 2.24) is 0 Å². The monoisotopic (exact) mass is 265 g/mol. The van der Waals surface area contributed by atoms with Crippen LogP contribution in [0.25, 0.3) is 11.1 Å². The molecule has 0 aromatic heterocycles. The van der Waals surface area contributed by atoms with E-state index < -0.39 is 17.6 Å². The Kier molecular flexibility index (Phi) is 3.26. The summed E-state index contributed by atoms with van der Waals surface area (Å²) < 4.78 is 51.0. The first-order chi connectivity index (χ1) is 8.91. The van der Waals surface area contributed by atoms with Crippen LogP contribution in [0.15, 0.2) is 42.5 Å². The maximum Gasteiger partial charge on any atom is 0.416 e. The Morgan fingerprint density at radius 3 is 2.37 bits per heavy atom. The number of hydrogen-bond acceptors (Lipinski definition) is 1. The van der Waals surface area contributed by atoms with Crippen LogP contribution in [-0.2, 0) is 6.18 Å². The van der Waals surface area contributed by atoms with Gasteiger partial charge in [-0.1, -0.05) is 12.1 Å².